The molecule has 0 nitrogen and oxygen atoms in total. The molecule has 0 aromatic carbocycles. The quantitative estimate of drug-likeness (QED) is 0.316. The van der Waals surface area contributed by atoms with E-state index in [1.165, 1.54) is 0 Å². The Labute approximate surface area is 63.6 Å². The fraction of sp³-hybridized carbons (Fsp3) is 0.500. The maximum atomic E-state index is 3.47. The molecule has 0 aliphatic heterocycles. The average molecular weight is 134 g/mol. The first-order valence-corrected chi connectivity index (χ1v) is 3.71. The summed E-state index contributed by atoms with van der Waals surface area (Å²) in [5, 5.41) is 0. The molecule has 10 heavy (non-hydrogen) atoms. The summed E-state index contributed by atoms with van der Waals surface area (Å²) >= 11 is 0. The molecule has 0 aromatic heterocycles. The van der Waals surface area contributed by atoms with Gasteiger partial charge in [-0.25, -0.2) is 0 Å². The number of unbranched alkanes of at least 4 members (excludes halogenated alkanes) is 2. The van der Waals surface area contributed by atoms with Crippen LogP contribution in [0.3, 0.4) is 0 Å². The van der Waals surface area contributed by atoms with E-state index in [9.17, 15) is 0 Å². The fourth-order valence-corrected chi connectivity index (χ4v) is 0.548. The molecule has 0 amide bonds. The molecule has 0 saturated heterocycles. The lowest BCUT2D eigenvalue weighted by molar-refractivity contribution is 0.978. The second kappa shape index (κ2) is 8.08. The van der Waals surface area contributed by atoms with Crippen molar-refractivity contribution in [1.29, 1.82) is 0 Å². The Kier molecular flexibility index (Phi) is 7.34. The van der Waals surface area contributed by atoms with Crippen molar-refractivity contribution in [2.45, 2.75) is 32.6 Å². The maximum absolute atomic E-state index is 3.47. The molecule has 0 atom stereocenters. The van der Waals surface area contributed by atoms with E-state index in [0.29, 0.717) is 0 Å². The minimum atomic E-state index is 0.947. The first-order valence-electron chi connectivity index (χ1n) is 3.71. The highest BCUT2D eigenvalue weighted by molar-refractivity contribution is 4.99. The summed E-state index contributed by atoms with van der Waals surface area (Å²) in [4.78, 5) is 0. The Hall–Kier alpha value is -0.920. The lowest BCUT2D eigenvalue weighted by Crippen LogP contribution is -1.65. The van der Waals surface area contributed by atoms with E-state index < -0.39 is 0 Å². The lowest BCUT2D eigenvalue weighted by atomic mass is 10.3. The van der Waals surface area contributed by atoms with Crippen LogP contribution in [0.5, 0.6) is 0 Å². The monoisotopic (exact) mass is 134 g/mol. The van der Waals surface area contributed by atoms with E-state index in [4.69, 9.17) is 0 Å². The Balaban J connectivity index is 3.19. The van der Waals surface area contributed by atoms with Gasteiger partial charge in [-0.2, -0.15) is 0 Å². The predicted molar refractivity (Wildman–Crippen MR) is 45.6 cm³/mol. The van der Waals surface area contributed by atoms with Gasteiger partial charge in [-0.3, -0.25) is 0 Å². The first-order chi connectivity index (χ1) is 4.91. The van der Waals surface area contributed by atoms with Crippen molar-refractivity contribution in [1.82, 2.24) is 0 Å². The summed E-state index contributed by atoms with van der Waals surface area (Å²) in [5.41, 5.74) is 2.72. The average Bonchev–Trinajstić information content (AvgIpc) is 1.97. The molecule has 0 aliphatic rings. The van der Waals surface area contributed by atoms with Gasteiger partial charge in [0.25, 0.3) is 0 Å². The molecule has 0 spiro atoms. The van der Waals surface area contributed by atoms with E-state index in [2.05, 4.69) is 31.1 Å². The van der Waals surface area contributed by atoms with Gasteiger partial charge in [0.1, 0.15) is 0 Å². The largest absolute Gasteiger partial charge is 0.133 e. The van der Waals surface area contributed by atoms with E-state index in [0.717, 1.165) is 25.7 Å². The topological polar surface area (TPSA) is 0 Å². The summed E-state index contributed by atoms with van der Waals surface area (Å²) in [6.45, 7) is 5.60. The van der Waals surface area contributed by atoms with Crippen molar-refractivity contribution in [2.24, 2.45) is 0 Å². The Bertz CT molecular complexity index is 160. The number of hydrogen-bond donors (Lipinski definition) is 0. The summed E-state index contributed by atoms with van der Waals surface area (Å²) < 4.78 is 0. The van der Waals surface area contributed by atoms with Crippen LogP contribution in [-0.4, -0.2) is 0 Å². The van der Waals surface area contributed by atoms with Crippen molar-refractivity contribution in [3.8, 4) is 11.8 Å². The van der Waals surface area contributed by atoms with Gasteiger partial charge >= 0.3 is 0 Å². The van der Waals surface area contributed by atoms with Gasteiger partial charge in [-0.1, -0.05) is 13.5 Å². The smallest absolute Gasteiger partial charge is 0.0129 e. The van der Waals surface area contributed by atoms with Crippen LogP contribution in [0.15, 0.2) is 18.4 Å². The van der Waals surface area contributed by atoms with Crippen molar-refractivity contribution in [3.05, 3.63) is 18.4 Å². The summed E-state index contributed by atoms with van der Waals surface area (Å²) in [7, 11) is 0. The van der Waals surface area contributed by atoms with Gasteiger partial charge in [0.05, 0.1) is 0 Å². The molecule has 0 radical (unpaired) electrons. The second-order valence-electron chi connectivity index (χ2n) is 2.05. The van der Waals surface area contributed by atoms with Crippen LogP contribution < -0.4 is 0 Å². The number of hydrogen-bond acceptors (Lipinski definition) is 0. The van der Waals surface area contributed by atoms with Crippen molar-refractivity contribution >= 4 is 0 Å². The van der Waals surface area contributed by atoms with Crippen LogP contribution in [-0.2, 0) is 0 Å². The Morgan fingerprint density at radius 1 is 1.30 bits per heavy atom. The summed E-state index contributed by atoms with van der Waals surface area (Å²) in [6, 6.07) is 0. The van der Waals surface area contributed by atoms with Crippen molar-refractivity contribution < 1.29 is 0 Å². The van der Waals surface area contributed by atoms with E-state index in [1.54, 1.807) is 0 Å². The van der Waals surface area contributed by atoms with Gasteiger partial charge in [-0.05, 0) is 18.9 Å². The molecule has 0 aromatic rings. The predicted octanol–water partition coefficient (Wildman–Crippen LogP) is 2.91. The molecule has 0 unspecified atom stereocenters. The lowest BCUT2D eigenvalue weighted by Gasteiger charge is -1.79. The van der Waals surface area contributed by atoms with E-state index >= 15 is 0 Å². The van der Waals surface area contributed by atoms with Gasteiger partial charge in [0, 0.05) is 12.8 Å². The maximum Gasteiger partial charge on any atom is 0.0129 e. The molecule has 0 aliphatic carbocycles. The van der Waals surface area contributed by atoms with Gasteiger partial charge in [0.2, 0.25) is 0 Å². The standard InChI is InChI=1S/C10H14/c1-3-5-7-9-10-8-6-4-2/h5H,1,4,6-7,9H2,2H3. The molecule has 0 saturated carbocycles. The third-order valence-corrected chi connectivity index (χ3v) is 1.06. The van der Waals surface area contributed by atoms with Crippen LogP contribution >= 0.6 is 0 Å². The molecule has 54 valence electrons. The zero-order chi connectivity index (χ0) is 7.66. The third-order valence-electron chi connectivity index (χ3n) is 1.06. The van der Waals surface area contributed by atoms with Crippen LogP contribution in [0.25, 0.3) is 0 Å². The third kappa shape index (κ3) is 7.08. The Morgan fingerprint density at radius 3 is 2.60 bits per heavy atom. The van der Waals surface area contributed by atoms with E-state index in [-0.39, 0.29) is 0 Å². The highest BCUT2D eigenvalue weighted by Gasteiger charge is 1.72. The first kappa shape index (κ1) is 9.08. The van der Waals surface area contributed by atoms with Crippen LogP contribution in [0.1, 0.15) is 32.6 Å². The molecular weight excluding hydrogens is 120 g/mol. The SMILES string of the molecule is C=C=CCCC#CCCC. The Morgan fingerprint density at radius 2 is 2.00 bits per heavy atom. The fourth-order valence-electron chi connectivity index (χ4n) is 0.548. The van der Waals surface area contributed by atoms with Gasteiger partial charge in [0.15, 0.2) is 0 Å². The molecule has 0 heteroatoms. The minimum Gasteiger partial charge on any atom is -0.133 e. The normalized spacial score (nSPS) is 7.30. The minimum absolute atomic E-state index is 0.947. The zero-order valence-corrected chi connectivity index (χ0v) is 6.61. The zero-order valence-electron chi connectivity index (χ0n) is 6.61. The highest BCUT2D eigenvalue weighted by atomic mass is 13.8. The van der Waals surface area contributed by atoms with Crippen LogP contribution in [0, 0.1) is 11.8 Å². The second-order valence-corrected chi connectivity index (χ2v) is 2.05. The highest BCUT2D eigenvalue weighted by Crippen LogP contribution is 1.88. The number of allylic oxidation sites excluding steroid dienone is 1. The molecule has 0 heterocycles. The van der Waals surface area contributed by atoms with Crippen LogP contribution in [0.2, 0.25) is 0 Å². The van der Waals surface area contributed by atoms with E-state index in [1.807, 2.05) is 6.08 Å². The molecule has 0 N–H and O–H groups in total. The molecule has 0 rings (SSSR count). The number of rotatable bonds is 3. The van der Waals surface area contributed by atoms with Gasteiger partial charge in [-0.15, -0.1) is 17.6 Å². The molecule has 0 bridgehead atoms. The molecule has 0 fully saturated rings. The van der Waals surface area contributed by atoms with Crippen LogP contribution in [0.4, 0.5) is 0 Å². The van der Waals surface area contributed by atoms with Crippen molar-refractivity contribution in [2.75, 3.05) is 0 Å². The van der Waals surface area contributed by atoms with Crippen molar-refractivity contribution in [3.63, 3.8) is 0 Å². The van der Waals surface area contributed by atoms with Gasteiger partial charge < -0.3 is 0 Å². The molecular formula is C10H14. The summed E-state index contributed by atoms with van der Waals surface area (Å²) in [5.74, 6) is 6.15. The summed E-state index contributed by atoms with van der Waals surface area (Å²) in [6.07, 6.45) is 6.03.